The number of carboxylic acids is 1. The van der Waals surface area contributed by atoms with Crippen molar-refractivity contribution >= 4 is 22.9 Å². The Hall–Kier alpha value is -3.42. The first-order valence-corrected chi connectivity index (χ1v) is 13.8. The van der Waals surface area contributed by atoms with Crippen molar-refractivity contribution in [1.29, 1.82) is 0 Å². The molecule has 5 rings (SSSR count). The maximum Gasteiger partial charge on any atom is 0.304 e. The molecule has 8 heteroatoms. The average Bonchev–Trinajstić information content (AvgIpc) is 3.51. The largest absolute Gasteiger partial charge is 0.494 e. The van der Waals surface area contributed by atoms with Gasteiger partial charge in [-0.15, -0.1) is 5.10 Å². The van der Waals surface area contributed by atoms with E-state index < -0.39 is 5.97 Å². The van der Waals surface area contributed by atoms with E-state index in [9.17, 15) is 14.7 Å². The lowest BCUT2D eigenvalue weighted by Gasteiger charge is -2.34. The SMILES string of the molecule is COc1cc(C(CC(=O)O)c2ccc(C)c3c2CCC3N(CC2CCCCC2)C(C)=O)cc2nnn(C)c12. The molecule has 0 spiro atoms. The zero-order valence-corrected chi connectivity index (χ0v) is 22.9. The Morgan fingerprint density at radius 3 is 2.63 bits per heavy atom. The van der Waals surface area contributed by atoms with Gasteiger partial charge in [0.05, 0.1) is 19.6 Å². The lowest BCUT2D eigenvalue weighted by atomic mass is 9.83. The molecular formula is C30H38N4O4. The first kappa shape index (κ1) is 26.2. The van der Waals surface area contributed by atoms with E-state index in [-0.39, 0.29) is 24.3 Å². The van der Waals surface area contributed by atoms with Gasteiger partial charge in [0.25, 0.3) is 0 Å². The summed E-state index contributed by atoms with van der Waals surface area (Å²) in [6.45, 7) is 4.61. The van der Waals surface area contributed by atoms with Crippen LogP contribution in [0, 0.1) is 12.8 Å². The molecular weight excluding hydrogens is 480 g/mol. The first-order valence-electron chi connectivity index (χ1n) is 13.8. The second-order valence-corrected chi connectivity index (χ2v) is 11.0. The summed E-state index contributed by atoms with van der Waals surface area (Å²) in [5.41, 5.74) is 6.87. The van der Waals surface area contributed by atoms with Crippen molar-refractivity contribution < 1.29 is 19.4 Å². The van der Waals surface area contributed by atoms with Crippen molar-refractivity contribution in [3.63, 3.8) is 0 Å². The maximum absolute atomic E-state index is 12.9. The van der Waals surface area contributed by atoms with Crippen molar-refractivity contribution in [3.8, 4) is 5.75 Å². The molecule has 1 aromatic heterocycles. The number of rotatable bonds is 8. The molecule has 2 atom stereocenters. The van der Waals surface area contributed by atoms with Gasteiger partial charge in [0.2, 0.25) is 5.91 Å². The number of aliphatic carboxylic acids is 1. The summed E-state index contributed by atoms with van der Waals surface area (Å²) in [5.74, 6) is 0.0753. The fourth-order valence-electron chi connectivity index (χ4n) is 6.84. The highest BCUT2D eigenvalue weighted by Gasteiger charge is 2.35. The number of amides is 1. The minimum atomic E-state index is -0.861. The normalized spacial score (nSPS) is 18.4. The minimum absolute atomic E-state index is 0.0341. The molecule has 2 unspecified atom stereocenters. The van der Waals surface area contributed by atoms with Crippen LogP contribution in [-0.2, 0) is 23.1 Å². The summed E-state index contributed by atoms with van der Waals surface area (Å²) < 4.78 is 7.33. The third-order valence-electron chi connectivity index (χ3n) is 8.64. The molecule has 1 heterocycles. The van der Waals surface area contributed by atoms with Crippen LogP contribution in [0.25, 0.3) is 11.0 Å². The molecule has 0 saturated heterocycles. The molecule has 1 fully saturated rings. The van der Waals surface area contributed by atoms with Crippen molar-refractivity contribution in [1.82, 2.24) is 19.9 Å². The number of fused-ring (bicyclic) bond motifs is 2. The van der Waals surface area contributed by atoms with Crippen molar-refractivity contribution in [3.05, 3.63) is 52.1 Å². The Kier molecular flexibility index (Phi) is 7.41. The second-order valence-electron chi connectivity index (χ2n) is 11.0. The summed E-state index contributed by atoms with van der Waals surface area (Å²) in [7, 11) is 3.42. The summed E-state index contributed by atoms with van der Waals surface area (Å²) in [6.07, 6.45) is 7.81. The molecule has 0 aliphatic heterocycles. The highest BCUT2D eigenvalue weighted by Crippen LogP contribution is 2.45. The van der Waals surface area contributed by atoms with E-state index >= 15 is 0 Å². The summed E-state index contributed by atoms with van der Waals surface area (Å²) in [6, 6.07) is 8.06. The number of methoxy groups -OCH3 is 1. The van der Waals surface area contributed by atoms with Gasteiger partial charge in [0.15, 0.2) is 0 Å². The fraction of sp³-hybridized carbons (Fsp3) is 0.533. The number of hydrogen-bond acceptors (Lipinski definition) is 5. The van der Waals surface area contributed by atoms with Crippen LogP contribution >= 0.6 is 0 Å². The predicted molar refractivity (Wildman–Crippen MR) is 145 cm³/mol. The predicted octanol–water partition coefficient (Wildman–Crippen LogP) is 5.31. The first-order chi connectivity index (χ1) is 18.3. The zero-order chi connectivity index (χ0) is 27.0. The Labute approximate surface area is 224 Å². The topological polar surface area (TPSA) is 97.6 Å². The lowest BCUT2D eigenvalue weighted by Crippen LogP contribution is -2.37. The van der Waals surface area contributed by atoms with Crippen LogP contribution in [-0.4, -0.2) is 50.5 Å². The average molecular weight is 519 g/mol. The van der Waals surface area contributed by atoms with Crippen LogP contribution in [0.15, 0.2) is 24.3 Å². The summed E-state index contributed by atoms with van der Waals surface area (Å²) >= 11 is 0. The van der Waals surface area contributed by atoms with Crippen LogP contribution in [0.2, 0.25) is 0 Å². The van der Waals surface area contributed by atoms with E-state index in [1.807, 2.05) is 19.2 Å². The van der Waals surface area contributed by atoms with Crippen LogP contribution in [0.3, 0.4) is 0 Å². The fourth-order valence-corrected chi connectivity index (χ4v) is 6.84. The Morgan fingerprint density at radius 2 is 1.95 bits per heavy atom. The molecule has 2 aliphatic rings. The van der Waals surface area contributed by atoms with E-state index in [0.717, 1.165) is 41.6 Å². The van der Waals surface area contributed by atoms with E-state index in [4.69, 9.17) is 4.74 Å². The van der Waals surface area contributed by atoms with Gasteiger partial charge in [-0.3, -0.25) is 9.59 Å². The number of hydrogen-bond donors (Lipinski definition) is 1. The molecule has 8 nitrogen and oxygen atoms in total. The molecule has 0 radical (unpaired) electrons. The van der Waals surface area contributed by atoms with Gasteiger partial charge in [-0.25, -0.2) is 4.68 Å². The zero-order valence-electron chi connectivity index (χ0n) is 22.9. The number of aromatic nitrogens is 3. The molecule has 0 bridgehead atoms. The van der Waals surface area contributed by atoms with Crippen molar-refractivity contribution in [2.45, 2.75) is 77.2 Å². The summed E-state index contributed by atoms with van der Waals surface area (Å²) in [4.78, 5) is 27.1. The Morgan fingerprint density at radius 1 is 1.18 bits per heavy atom. The standard InChI is InChI=1S/C30H38N4O4/c1-18-10-11-22(23-12-13-26(29(18)23)34(19(2)35)17-20-8-6-5-7-9-20)24(16-28(36)37)21-14-25-30(27(15-21)38-4)33(3)32-31-25/h10-11,14-15,20,24,26H,5-9,12-13,16-17H2,1-4H3,(H,36,37). The molecule has 1 N–H and O–H groups in total. The number of nitrogens with zero attached hydrogens (tertiary/aromatic N) is 4. The molecule has 2 aliphatic carbocycles. The van der Waals surface area contributed by atoms with Crippen LogP contribution in [0.1, 0.15) is 91.6 Å². The highest BCUT2D eigenvalue weighted by molar-refractivity contribution is 5.83. The van der Waals surface area contributed by atoms with Gasteiger partial charge >= 0.3 is 5.97 Å². The van der Waals surface area contributed by atoms with E-state index in [0.29, 0.717) is 17.2 Å². The lowest BCUT2D eigenvalue weighted by molar-refractivity contribution is -0.137. The minimum Gasteiger partial charge on any atom is -0.494 e. The van der Waals surface area contributed by atoms with E-state index in [1.54, 1.807) is 18.7 Å². The van der Waals surface area contributed by atoms with Crippen LogP contribution in [0.5, 0.6) is 5.75 Å². The van der Waals surface area contributed by atoms with Gasteiger partial charge in [-0.05, 0) is 78.5 Å². The van der Waals surface area contributed by atoms with Gasteiger partial charge in [-0.2, -0.15) is 0 Å². The van der Waals surface area contributed by atoms with Gasteiger partial charge in [-0.1, -0.05) is 36.6 Å². The third kappa shape index (κ3) is 4.88. The van der Waals surface area contributed by atoms with Crippen molar-refractivity contribution in [2.75, 3.05) is 13.7 Å². The van der Waals surface area contributed by atoms with E-state index in [2.05, 4.69) is 34.3 Å². The number of ether oxygens (including phenoxy) is 1. The number of carbonyl (C=O) groups is 2. The molecule has 38 heavy (non-hydrogen) atoms. The Balaban J connectivity index is 1.57. The maximum atomic E-state index is 12.9. The van der Waals surface area contributed by atoms with Gasteiger partial charge in [0, 0.05) is 26.4 Å². The second kappa shape index (κ2) is 10.8. The highest BCUT2D eigenvalue weighted by atomic mass is 16.5. The number of benzene rings is 2. The van der Waals surface area contributed by atoms with Crippen LogP contribution < -0.4 is 4.74 Å². The number of carboxylic acid groups (broad SMARTS) is 1. The van der Waals surface area contributed by atoms with Crippen molar-refractivity contribution in [2.24, 2.45) is 13.0 Å². The molecule has 1 amide bonds. The number of aryl methyl sites for hydroxylation is 2. The molecule has 202 valence electrons. The van der Waals surface area contributed by atoms with Gasteiger partial charge in [0.1, 0.15) is 16.8 Å². The smallest absolute Gasteiger partial charge is 0.304 e. The molecule has 1 saturated carbocycles. The number of carbonyl (C=O) groups excluding carboxylic acids is 1. The Bertz CT molecular complexity index is 1360. The summed E-state index contributed by atoms with van der Waals surface area (Å²) in [5, 5.41) is 18.3. The third-order valence-corrected chi connectivity index (χ3v) is 8.64. The quantitative estimate of drug-likeness (QED) is 0.434. The monoisotopic (exact) mass is 518 g/mol. The molecule has 3 aromatic rings. The molecule has 2 aromatic carbocycles. The van der Waals surface area contributed by atoms with Gasteiger partial charge < -0.3 is 14.7 Å². The van der Waals surface area contributed by atoms with E-state index in [1.165, 1.54) is 43.2 Å². The van der Waals surface area contributed by atoms with Crippen LogP contribution in [0.4, 0.5) is 0 Å².